The molecule has 2 unspecified atom stereocenters. The van der Waals surface area contributed by atoms with Crippen LogP contribution in [0.4, 0.5) is 0 Å². The fourth-order valence-electron chi connectivity index (χ4n) is 3.59. The van der Waals surface area contributed by atoms with Gasteiger partial charge in [-0.3, -0.25) is 4.79 Å². The minimum absolute atomic E-state index is 0.0423. The molecule has 0 aromatic heterocycles. The maximum atomic E-state index is 12.7. The average Bonchev–Trinajstić information content (AvgIpc) is 3.42. The van der Waals surface area contributed by atoms with Crippen molar-refractivity contribution in [2.45, 2.75) is 58.5 Å². The molecule has 1 aliphatic carbocycles. The van der Waals surface area contributed by atoms with Crippen LogP contribution in [0.5, 0.6) is 0 Å². The van der Waals surface area contributed by atoms with Crippen molar-refractivity contribution in [3.8, 4) is 11.8 Å². The smallest absolute Gasteiger partial charge is 0.225 e. The lowest BCUT2D eigenvalue weighted by atomic mass is 9.98. The van der Waals surface area contributed by atoms with Gasteiger partial charge in [-0.1, -0.05) is 37.8 Å². The van der Waals surface area contributed by atoms with E-state index in [2.05, 4.69) is 22.6 Å². The summed E-state index contributed by atoms with van der Waals surface area (Å²) in [5, 5.41) is 0. The summed E-state index contributed by atoms with van der Waals surface area (Å²) in [5.41, 5.74) is 2.06. The fraction of sp³-hybridized carbons (Fsp3) is 0.591. The van der Waals surface area contributed by atoms with Crippen LogP contribution in [0.25, 0.3) is 0 Å². The third-order valence-corrected chi connectivity index (χ3v) is 6.83. The van der Waals surface area contributed by atoms with Gasteiger partial charge in [-0.05, 0) is 50.3 Å². The molecule has 1 aromatic rings. The third-order valence-electron chi connectivity index (χ3n) is 5.40. The largest absolute Gasteiger partial charge is 0.337 e. The molecular formula is C22H30N2O3S. The van der Waals surface area contributed by atoms with Gasteiger partial charge in [-0.25, -0.2) is 13.1 Å². The van der Waals surface area contributed by atoms with Crippen molar-refractivity contribution >= 4 is 15.9 Å². The van der Waals surface area contributed by atoms with Gasteiger partial charge in [0.25, 0.3) is 0 Å². The summed E-state index contributed by atoms with van der Waals surface area (Å²) in [6.07, 6.45) is 3.65. The number of sulfonamides is 1. The van der Waals surface area contributed by atoms with E-state index in [0.717, 1.165) is 11.1 Å². The molecule has 1 heterocycles. The van der Waals surface area contributed by atoms with Crippen molar-refractivity contribution in [2.24, 2.45) is 11.8 Å². The second-order valence-corrected chi connectivity index (χ2v) is 10.2. The maximum absolute atomic E-state index is 12.7. The van der Waals surface area contributed by atoms with Gasteiger partial charge in [-0.2, -0.15) is 0 Å². The van der Waals surface area contributed by atoms with E-state index in [4.69, 9.17) is 0 Å². The zero-order valence-electron chi connectivity index (χ0n) is 16.9. The normalized spacial score (nSPS) is 22.2. The van der Waals surface area contributed by atoms with E-state index < -0.39 is 10.0 Å². The van der Waals surface area contributed by atoms with Crippen molar-refractivity contribution in [2.75, 3.05) is 12.3 Å². The monoisotopic (exact) mass is 402 g/mol. The van der Waals surface area contributed by atoms with E-state index in [1.54, 1.807) is 6.92 Å². The minimum Gasteiger partial charge on any atom is -0.337 e. The molecule has 2 aliphatic rings. The zero-order valence-corrected chi connectivity index (χ0v) is 17.8. The summed E-state index contributed by atoms with van der Waals surface area (Å²) >= 11 is 0. The number of likely N-dealkylation sites (tertiary alicyclic amines) is 1. The first-order chi connectivity index (χ1) is 13.3. The lowest BCUT2D eigenvalue weighted by Crippen LogP contribution is -2.49. The van der Waals surface area contributed by atoms with E-state index in [-0.39, 0.29) is 29.7 Å². The highest BCUT2D eigenvalue weighted by Gasteiger charge is 2.39. The SMILES string of the molecule is CCS(=O)(=O)NC1CCN(C(=O)C(C)C)C1Cc1cccc(C#CC2CC2)c1. The summed E-state index contributed by atoms with van der Waals surface area (Å²) < 4.78 is 27.1. The molecule has 5 nitrogen and oxygen atoms in total. The molecule has 1 amide bonds. The first-order valence-electron chi connectivity index (χ1n) is 10.2. The number of carbonyl (C=O) groups is 1. The summed E-state index contributed by atoms with van der Waals surface area (Å²) in [6.45, 7) is 5.99. The van der Waals surface area contributed by atoms with Crippen molar-refractivity contribution in [1.82, 2.24) is 9.62 Å². The van der Waals surface area contributed by atoms with Gasteiger partial charge in [0.05, 0.1) is 11.8 Å². The van der Waals surface area contributed by atoms with Gasteiger partial charge < -0.3 is 4.90 Å². The van der Waals surface area contributed by atoms with Crippen LogP contribution in [-0.4, -0.2) is 43.6 Å². The summed E-state index contributed by atoms with van der Waals surface area (Å²) in [5.74, 6) is 7.07. The Bertz CT molecular complexity index is 879. The molecule has 3 rings (SSSR count). The molecule has 0 spiro atoms. The molecule has 0 radical (unpaired) electrons. The number of hydrogen-bond acceptors (Lipinski definition) is 3. The quantitative estimate of drug-likeness (QED) is 0.744. The topological polar surface area (TPSA) is 66.5 Å². The average molecular weight is 403 g/mol. The lowest BCUT2D eigenvalue weighted by Gasteiger charge is -2.30. The van der Waals surface area contributed by atoms with Crippen LogP contribution in [0, 0.1) is 23.7 Å². The third kappa shape index (κ3) is 5.36. The Balaban J connectivity index is 1.81. The second kappa shape index (κ2) is 8.67. The van der Waals surface area contributed by atoms with E-state index in [0.29, 0.717) is 25.3 Å². The maximum Gasteiger partial charge on any atom is 0.225 e. The number of nitrogens with zero attached hydrogens (tertiary/aromatic N) is 1. The highest BCUT2D eigenvalue weighted by atomic mass is 32.2. The number of hydrogen-bond donors (Lipinski definition) is 1. The van der Waals surface area contributed by atoms with Crippen LogP contribution in [0.2, 0.25) is 0 Å². The van der Waals surface area contributed by atoms with Crippen LogP contribution >= 0.6 is 0 Å². The van der Waals surface area contributed by atoms with Gasteiger partial charge in [0.15, 0.2) is 0 Å². The van der Waals surface area contributed by atoms with Gasteiger partial charge >= 0.3 is 0 Å². The van der Waals surface area contributed by atoms with Crippen molar-refractivity contribution in [3.63, 3.8) is 0 Å². The Morgan fingerprint density at radius 1 is 1.29 bits per heavy atom. The first kappa shape index (κ1) is 20.9. The molecule has 28 heavy (non-hydrogen) atoms. The van der Waals surface area contributed by atoms with Crippen LogP contribution < -0.4 is 4.72 Å². The summed E-state index contributed by atoms with van der Waals surface area (Å²) in [4.78, 5) is 14.6. The Hall–Kier alpha value is -1.84. The molecule has 2 fully saturated rings. The molecule has 1 saturated heterocycles. The fourth-order valence-corrected chi connectivity index (χ4v) is 4.50. The standard InChI is InChI=1S/C22H30N2O3S/c1-4-28(26,27)23-20-12-13-24(22(25)16(2)3)21(20)15-19-7-5-6-18(14-19)11-10-17-8-9-17/h5-7,14,16-17,20-21,23H,4,8-9,12-13,15H2,1-3H3. The number of rotatable bonds is 6. The van der Waals surface area contributed by atoms with Crippen molar-refractivity contribution in [3.05, 3.63) is 35.4 Å². The minimum atomic E-state index is -3.33. The predicted octanol–water partition coefficient (Wildman–Crippen LogP) is 2.56. The van der Waals surface area contributed by atoms with Gasteiger partial charge in [0.2, 0.25) is 15.9 Å². The van der Waals surface area contributed by atoms with Crippen LogP contribution in [0.1, 0.15) is 51.2 Å². The highest BCUT2D eigenvalue weighted by molar-refractivity contribution is 7.89. The molecule has 0 bridgehead atoms. The van der Waals surface area contributed by atoms with Crippen molar-refractivity contribution in [1.29, 1.82) is 0 Å². The number of carbonyl (C=O) groups excluding carboxylic acids is 1. The van der Waals surface area contributed by atoms with Crippen LogP contribution in [-0.2, 0) is 21.2 Å². The summed E-state index contributed by atoms with van der Waals surface area (Å²) in [6, 6.07) is 7.65. The molecule has 1 saturated carbocycles. The van der Waals surface area contributed by atoms with E-state index in [1.165, 1.54) is 12.8 Å². The number of benzene rings is 1. The van der Waals surface area contributed by atoms with E-state index in [1.807, 2.05) is 36.9 Å². The van der Waals surface area contributed by atoms with Crippen LogP contribution in [0.15, 0.2) is 24.3 Å². The zero-order chi connectivity index (χ0) is 20.3. The van der Waals surface area contributed by atoms with Gasteiger partial charge in [0.1, 0.15) is 0 Å². The molecule has 1 aromatic carbocycles. The first-order valence-corrected chi connectivity index (χ1v) is 11.8. The number of nitrogens with one attached hydrogen (secondary N) is 1. The number of amides is 1. The Morgan fingerprint density at radius 3 is 2.68 bits per heavy atom. The van der Waals surface area contributed by atoms with E-state index in [9.17, 15) is 13.2 Å². The van der Waals surface area contributed by atoms with Crippen molar-refractivity contribution < 1.29 is 13.2 Å². The van der Waals surface area contributed by atoms with Gasteiger partial charge in [-0.15, -0.1) is 0 Å². The molecular weight excluding hydrogens is 372 g/mol. The Morgan fingerprint density at radius 2 is 2.04 bits per heavy atom. The van der Waals surface area contributed by atoms with E-state index >= 15 is 0 Å². The predicted molar refractivity (Wildman–Crippen MR) is 111 cm³/mol. The highest BCUT2D eigenvalue weighted by Crippen LogP contribution is 2.28. The molecule has 2 atom stereocenters. The molecule has 1 N–H and O–H groups in total. The van der Waals surface area contributed by atoms with Crippen LogP contribution in [0.3, 0.4) is 0 Å². The molecule has 1 aliphatic heterocycles. The Kier molecular flexibility index (Phi) is 6.47. The molecule has 152 valence electrons. The summed E-state index contributed by atoms with van der Waals surface area (Å²) in [7, 11) is -3.33. The van der Waals surface area contributed by atoms with Gasteiger partial charge in [0, 0.05) is 30.0 Å². The lowest BCUT2D eigenvalue weighted by molar-refractivity contribution is -0.135. The second-order valence-electron chi connectivity index (χ2n) is 8.12. The Labute approximate surface area is 168 Å². The molecule has 6 heteroatoms.